The Morgan fingerprint density at radius 3 is 2.44 bits per heavy atom. The van der Waals surface area contributed by atoms with Crippen molar-refractivity contribution in [3.63, 3.8) is 0 Å². The number of furan rings is 1. The molecule has 0 spiro atoms. The number of nitrogens with one attached hydrogen (secondary N) is 1. The van der Waals surface area contributed by atoms with E-state index in [0.717, 1.165) is 17.9 Å². The summed E-state index contributed by atoms with van der Waals surface area (Å²) in [4.78, 5) is 0. The van der Waals surface area contributed by atoms with Crippen LogP contribution < -0.4 is 4.72 Å². The van der Waals surface area contributed by atoms with Crippen LogP contribution in [0.25, 0.3) is 0 Å². The SMILES string of the molecule is CC[C@H](NS(=O)C(C)(C)C)c1ccc(C)o1. The molecule has 0 aromatic carbocycles. The maximum absolute atomic E-state index is 12.0. The van der Waals surface area contributed by atoms with E-state index in [9.17, 15) is 4.21 Å². The molecular weight excluding hydrogens is 222 g/mol. The summed E-state index contributed by atoms with van der Waals surface area (Å²) in [6.45, 7) is 9.83. The van der Waals surface area contributed by atoms with Crippen molar-refractivity contribution in [3.8, 4) is 0 Å². The predicted molar refractivity (Wildman–Crippen MR) is 67.5 cm³/mol. The molecule has 0 radical (unpaired) electrons. The average Bonchev–Trinajstić information content (AvgIpc) is 2.59. The molecule has 1 N–H and O–H groups in total. The van der Waals surface area contributed by atoms with Crippen LogP contribution in [0.4, 0.5) is 0 Å². The lowest BCUT2D eigenvalue weighted by Crippen LogP contribution is -2.35. The highest BCUT2D eigenvalue weighted by Gasteiger charge is 2.24. The number of aryl methyl sites for hydroxylation is 1. The summed E-state index contributed by atoms with van der Waals surface area (Å²) in [6.07, 6.45) is 0.856. The second kappa shape index (κ2) is 5.15. The van der Waals surface area contributed by atoms with Gasteiger partial charge >= 0.3 is 0 Å². The van der Waals surface area contributed by atoms with Gasteiger partial charge in [-0.1, -0.05) is 6.92 Å². The zero-order valence-corrected chi connectivity index (χ0v) is 11.5. The quantitative estimate of drug-likeness (QED) is 0.883. The first-order valence-electron chi connectivity index (χ1n) is 5.59. The lowest BCUT2D eigenvalue weighted by Gasteiger charge is -2.22. The van der Waals surface area contributed by atoms with Crippen LogP contribution in [-0.4, -0.2) is 8.96 Å². The summed E-state index contributed by atoms with van der Waals surface area (Å²) in [5.41, 5.74) is 0. The fourth-order valence-electron chi connectivity index (χ4n) is 1.29. The highest BCUT2D eigenvalue weighted by Crippen LogP contribution is 2.21. The van der Waals surface area contributed by atoms with Gasteiger partial charge in [0.15, 0.2) is 0 Å². The molecule has 0 aliphatic heterocycles. The van der Waals surface area contributed by atoms with E-state index in [0.29, 0.717) is 0 Å². The minimum Gasteiger partial charge on any atom is -0.465 e. The van der Waals surface area contributed by atoms with E-state index in [4.69, 9.17) is 4.42 Å². The Balaban J connectivity index is 2.74. The second-order valence-corrected chi connectivity index (χ2v) is 6.91. The van der Waals surface area contributed by atoms with Crippen molar-refractivity contribution in [2.24, 2.45) is 0 Å². The van der Waals surface area contributed by atoms with Crippen molar-refractivity contribution in [1.29, 1.82) is 0 Å². The Hall–Kier alpha value is -0.610. The van der Waals surface area contributed by atoms with Gasteiger partial charge in [-0.3, -0.25) is 0 Å². The third-order valence-corrected chi connectivity index (χ3v) is 3.93. The third kappa shape index (κ3) is 3.46. The molecule has 2 atom stereocenters. The van der Waals surface area contributed by atoms with Crippen molar-refractivity contribution in [1.82, 2.24) is 4.72 Å². The van der Waals surface area contributed by atoms with Crippen molar-refractivity contribution in [3.05, 3.63) is 23.7 Å². The molecule has 3 nitrogen and oxygen atoms in total. The number of hydrogen-bond donors (Lipinski definition) is 1. The van der Waals surface area contributed by atoms with Gasteiger partial charge in [0.05, 0.1) is 21.8 Å². The molecule has 0 aliphatic carbocycles. The molecule has 0 saturated carbocycles. The number of hydrogen-bond acceptors (Lipinski definition) is 2. The Morgan fingerprint density at radius 2 is 2.06 bits per heavy atom. The maximum Gasteiger partial charge on any atom is 0.122 e. The standard InChI is InChI=1S/C12H21NO2S/c1-6-10(11-8-7-9(2)15-11)13-16(14)12(3,4)5/h7-8,10,13H,6H2,1-5H3/t10-,16?/m0/s1. The van der Waals surface area contributed by atoms with Crippen LogP contribution in [0.1, 0.15) is 51.7 Å². The summed E-state index contributed by atoms with van der Waals surface area (Å²) < 4.78 is 20.4. The fraction of sp³-hybridized carbons (Fsp3) is 0.667. The van der Waals surface area contributed by atoms with E-state index in [1.165, 1.54) is 0 Å². The molecule has 4 heteroatoms. The molecule has 0 saturated heterocycles. The first-order valence-corrected chi connectivity index (χ1v) is 6.74. The van der Waals surface area contributed by atoms with Gasteiger partial charge in [0.2, 0.25) is 0 Å². The normalized spacial score (nSPS) is 16.1. The average molecular weight is 243 g/mol. The molecule has 0 fully saturated rings. The predicted octanol–water partition coefficient (Wildman–Crippen LogP) is 3.09. The topological polar surface area (TPSA) is 42.2 Å². The van der Waals surface area contributed by atoms with Gasteiger partial charge in [-0.2, -0.15) is 0 Å². The molecule has 1 rings (SSSR count). The molecule has 1 aromatic rings. The third-order valence-electron chi connectivity index (χ3n) is 2.32. The van der Waals surface area contributed by atoms with Crippen molar-refractivity contribution in [2.75, 3.05) is 0 Å². The van der Waals surface area contributed by atoms with Gasteiger partial charge in [0.1, 0.15) is 11.5 Å². The molecule has 0 amide bonds. The second-order valence-electron chi connectivity index (χ2n) is 4.91. The molecule has 1 aromatic heterocycles. The van der Waals surface area contributed by atoms with E-state index in [2.05, 4.69) is 11.6 Å². The molecule has 1 heterocycles. The van der Waals surface area contributed by atoms with Crippen LogP contribution in [0.15, 0.2) is 16.5 Å². The molecule has 0 bridgehead atoms. The van der Waals surface area contributed by atoms with E-state index in [-0.39, 0.29) is 10.8 Å². The maximum atomic E-state index is 12.0. The first-order chi connectivity index (χ1) is 7.34. The van der Waals surface area contributed by atoms with Gasteiger partial charge in [0, 0.05) is 0 Å². The first kappa shape index (κ1) is 13.5. The van der Waals surface area contributed by atoms with E-state index in [1.54, 1.807) is 0 Å². The van der Waals surface area contributed by atoms with E-state index in [1.807, 2.05) is 39.8 Å². The van der Waals surface area contributed by atoms with E-state index >= 15 is 0 Å². The zero-order valence-electron chi connectivity index (χ0n) is 10.7. The smallest absolute Gasteiger partial charge is 0.122 e. The summed E-state index contributed by atoms with van der Waals surface area (Å²) >= 11 is 0. The highest BCUT2D eigenvalue weighted by atomic mass is 32.2. The highest BCUT2D eigenvalue weighted by molar-refractivity contribution is 7.84. The van der Waals surface area contributed by atoms with Crippen LogP contribution in [-0.2, 0) is 11.0 Å². The summed E-state index contributed by atoms with van der Waals surface area (Å²) in [7, 11) is -1.07. The van der Waals surface area contributed by atoms with Crippen molar-refractivity contribution < 1.29 is 8.63 Å². The molecular formula is C12H21NO2S. The summed E-state index contributed by atoms with van der Waals surface area (Å²) in [5, 5.41) is 0. The van der Waals surface area contributed by atoms with Crippen molar-refractivity contribution >= 4 is 11.0 Å². The zero-order chi connectivity index (χ0) is 12.3. The monoisotopic (exact) mass is 243 g/mol. The van der Waals surface area contributed by atoms with Crippen LogP contribution in [0, 0.1) is 6.92 Å². The van der Waals surface area contributed by atoms with E-state index < -0.39 is 11.0 Å². The molecule has 16 heavy (non-hydrogen) atoms. The largest absolute Gasteiger partial charge is 0.465 e. The Bertz CT molecular complexity index is 365. The lowest BCUT2D eigenvalue weighted by atomic mass is 10.2. The van der Waals surface area contributed by atoms with Gasteiger partial charge in [-0.05, 0) is 46.2 Å². The van der Waals surface area contributed by atoms with Crippen molar-refractivity contribution in [2.45, 2.75) is 51.8 Å². The summed E-state index contributed by atoms with van der Waals surface area (Å²) in [6, 6.07) is 3.89. The molecule has 1 unspecified atom stereocenters. The Labute approximate surface area is 100 Å². The van der Waals surface area contributed by atoms with Gasteiger partial charge in [-0.25, -0.2) is 8.93 Å². The number of rotatable bonds is 4. The van der Waals surface area contributed by atoms with Gasteiger partial charge < -0.3 is 4.42 Å². The molecule has 0 aliphatic rings. The van der Waals surface area contributed by atoms with Crippen LogP contribution in [0.2, 0.25) is 0 Å². The molecule has 92 valence electrons. The van der Waals surface area contributed by atoms with Gasteiger partial charge in [0.25, 0.3) is 0 Å². The Morgan fingerprint density at radius 1 is 1.44 bits per heavy atom. The minimum atomic E-state index is -1.07. The van der Waals surface area contributed by atoms with Gasteiger partial charge in [-0.15, -0.1) is 0 Å². The van der Waals surface area contributed by atoms with Crippen LogP contribution in [0.5, 0.6) is 0 Å². The summed E-state index contributed by atoms with van der Waals surface area (Å²) in [5.74, 6) is 1.74. The Kier molecular flexibility index (Phi) is 4.33. The van der Waals surface area contributed by atoms with Crippen LogP contribution >= 0.6 is 0 Å². The van der Waals surface area contributed by atoms with Crippen LogP contribution in [0.3, 0.4) is 0 Å². The lowest BCUT2D eigenvalue weighted by molar-refractivity contribution is 0.425. The minimum absolute atomic E-state index is 0.0220. The fourth-order valence-corrected chi connectivity index (χ4v) is 2.18.